The first-order valence-corrected chi connectivity index (χ1v) is 6.74. The summed E-state index contributed by atoms with van der Waals surface area (Å²) in [6.07, 6.45) is 0. The molecule has 0 saturated carbocycles. The van der Waals surface area contributed by atoms with Crippen LogP contribution in [0.2, 0.25) is 0 Å². The summed E-state index contributed by atoms with van der Waals surface area (Å²) in [5.41, 5.74) is 6.31. The molecule has 0 fully saturated rings. The van der Waals surface area contributed by atoms with Gasteiger partial charge in [-0.05, 0) is 40.7 Å². The number of hydrazine groups is 1. The van der Waals surface area contributed by atoms with Crippen LogP contribution in [-0.4, -0.2) is 4.98 Å². The number of fused-ring (bicyclic) bond motifs is 1. The fourth-order valence-electron chi connectivity index (χ4n) is 2.22. The summed E-state index contributed by atoms with van der Waals surface area (Å²) in [6.45, 7) is 11.0. The molecular weight excluding hydrogens is 234 g/mol. The van der Waals surface area contributed by atoms with E-state index >= 15 is 0 Å². The van der Waals surface area contributed by atoms with Crippen molar-refractivity contribution in [3.8, 4) is 0 Å². The lowest BCUT2D eigenvalue weighted by molar-refractivity contribution is 0.591. The molecule has 1 aromatic carbocycles. The van der Waals surface area contributed by atoms with Gasteiger partial charge in [-0.2, -0.15) is 0 Å². The second kappa shape index (κ2) is 4.82. The molecule has 19 heavy (non-hydrogen) atoms. The summed E-state index contributed by atoms with van der Waals surface area (Å²) >= 11 is 0. The topological polar surface area (TPSA) is 50.9 Å². The van der Waals surface area contributed by atoms with Gasteiger partial charge in [-0.25, -0.2) is 10.8 Å². The van der Waals surface area contributed by atoms with Gasteiger partial charge in [-0.15, -0.1) is 0 Å². The monoisotopic (exact) mass is 257 g/mol. The van der Waals surface area contributed by atoms with E-state index in [0.717, 1.165) is 16.9 Å². The van der Waals surface area contributed by atoms with Crippen molar-refractivity contribution in [1.29, 1.82) is 0 Å². The SMILES string of the molecule is CC(C)c1cc2cc(C(C)(C)C)ccc2nc1NN. The normalized spacial score (nSPS) is 12.2. The molecule has 0 unspecified atom stereocenters. The Labute approximate surface area is 115 Å². The molecule has 0 spiro atoms. The van der Waals surface area contributed by atoms with Gasteiger partial charge >= 0.3 is 0 Å². The number of benzene rings is 1. The van der Waals surface area contributed by atoms with E-state index in [1.54, 1.807) is 0 Å². The largest absolute Gasteiger partial charge is 0.308 e. The van der Waals surface area contributed by atoms with Gasteiger partial charge in [0.2, 0.25) is 0 Å². The smallest absolute Gasteiger partial charge is 0.144 e. The van der Waals surface area contributed by atoms with E-state index in [2.05, 4.69) is 69.3 Å². The standard InChI is InChI=1S/C16H23N3/c1-10(2)13-9-11-8-12(16(3,4)5)6-7-14(11)18-15(13)19-17/h6-10H,17H2,1-5H3,(H,18,19). The van der Waals surface area contributed by atoms with E-state index in [4.69, 9.17) is 5.84 Å². The van der Waals surface area contributed by atoms with Crippen molar-refractivity contribution < 1.29 is 0 Å². The maximum atomic E-state index is 5.57. The molecule has 1 heterocycles. The van der Waals surface area contributed by atoms with E-state index in [0.29, 0.717) is 5.92 Å². The summed E-state index contributed by atoms with van der Waals surface area (Å²) in [5, 5.41) is 1.18. The van der Waals surface area contributed by atoms with Crippen LogP contribution >= 0.6 is 0 Å². The van der Waals surface area contributed by atoms with Gasteiger partial charge in [-0.3, -0.25) is 0 Å². The minimum Gasteiger partial charge on any atom is -0.308 e. The van der Waals surface area contributed by atoms with Crippen LogP contribution in [0.1, 0.15) is 51.7 Å². The molecule has 3 N–H and O–H groups in total. The molecule has 0 aliphatic rings. The molecule has 0 radical (unpaired) electrons. The summed E-state index contributed by atoms with van der Waals surface area (Å²) in [6, 6.07) is 8.64. The van der Waals surface area contributed by atoms with Crippen molar-refractivity contribution in [1.82, 2.24) is 4.98 Å². The quantitative estimate of drug-likeness (QED) is 0.633. The van der Waals surface area contributed by atoms with Crippen LogP contribution in [0.3, 0.4) is 0 Å². The minimum atomic E-state index is 0.150. The molecule has 2 rings (SSSR count). The fourth-order valence-corrected chi connectivity index (χ4v) is 2.22. The van der Waals surface area contributed by atoms with Gasteiger partial charge in [-0.1, -0.05) is 40.7 Å². The van der Waals surface area contributed by atoms with Crippen molar-refractivity contribution in [2.75, 3.05) is 5.43 Å². The first kappa shape index (κ1) is 13.8. The Bertz CT molecular complexity index is 595. The number of pyridine rings is 1. The van der Waals surface area contributed by atoms with Crippen molar-refractivity contribution in [3.63, 3.8) is 0 Å². The summed E-state index contributed by atoms with van der Waals surface area (Å²) in [7, 11) is 0. The Morgan fingerprint density at radius 2 is 1.84 bits per heavy atom. The van der Waals surface area contributed by atoms with E-state index in [9.17, 15) is 0 Å². The second-order valence-electron chi connectivity index (χ2n) is 6.38. The molecule has 0 aliphatic heterocycles. The fraction of sp³-hybridized carbons (Fsp3) is 0.438. The predicted octanol–water partition coefficient (Wildman–Crippen LogP) is 3.94. The van der Waals surface area contributed by atoms with Gasteiger partial charge in [0.15, 0.2) is 0 Å². The number of hydrogen-bond donors (Lipinski definition) is 2. The number of hydrogen-bond acceptors (Lipinski definition) is 3. The maximum absolute atomic E-state index is 5.57. The number of nitrogens with two attached hydrogens (primary N) is 1. The second-order valence-corrected chi connectivity index (χ2v) is 6.38. The van der Waals surface area contributed by atoms with Crippen LogP contribution in [0.4, 0.5) is 5.82 Å². The van der Waals surface area contributed by atoms with Gasteiger partial charge in [0.25, 0.3) is 0 Å². The first-order chi connectivity index (χ1) is 8.82. The van der Waals surface area contributed by atoms with Gasteiger partial charge in [0, 0.05) is 5.39 Å². The average molecular weight is 257 g/mol. The third kappa shape index (κ3) is 2.71. The highest BCUT2D eigenvalue weighted by atomic mass is 15.2. The van der Waals surface area contributed by atoms with Crippen LogP contribution in [0.15, 0.2) is 24.3 Å². The average Bonchev–Trinajstić information content (AvgIpc) is 2.35. The molecule has 0 saturated heterocycles. The summed E-state index contributed by atoms with van der Waals surface area (Å²) < 4.78 is 0. The van der Waals surface area contributed by atoms with Crippen LogP contribution in [0.5, 0.6) is 0 Å². The molecule has 102 valence electrons. The molecule has 0 bridgehead atoms. The lowest BCUT2D eigenvalue weighted by Gasteiger charge is -2.20. The molecule has 0 aliphatic carbocycles. The highest BCUT2D eigenvalue weighted by Gasteiger charge is 2.15. The highest BCUT2D eigenvalue weighted by molar-refractivity contribution is 5.82. The summed E-state index contributed by atoms with van der Waals surface area (Å²) in [5.74, 6) is 6.73. The molecule has 0 atom stereocenters. The van der Waals surface area contributed by atoms with Gasteiger partial charge in [0.1, 0.15) is 5.82 Å². The van der Waals surface area contributed by atoms with E-state index in [1.165, 1.54) is 10.9 Å². The van der Waals surface area contributed by atoms with Crippen LogP contribution in [0.25, 0.3) is 10.9 Å². The predicted molar refractivity (Wildman–Crippen MR) is 82.3 cm³/mol. The molecular formula is C16H23N3. The Morgan fingerprint density at radius 1 is 1.16 bits per heavy atom. The van der Waals surface area contributed by atoms with Crippen molar-refractivity contribution in [2.24, 2.45) is 5.84 Å². The molecule has 1 aromatic heterocycles. The third-order valence-corrected chi connectivity index (χ3v) is 3.47. The summed E-state index contributed by atoms with van der Waals surface area (Å²) in [4.78, 5) is 4.60. The molecule has 2 aromatic rings. The zero-order chi connectivity index (χ0) is 14.2. The van der Waals surface area contributed by atoms with Crippen molar-refractivity contribution in [2.45, 2.75) is 46.0 Å². The Kier molecular flexibility index (Phi) is 3.50. The molecule has 3 nitrogen and oxygen atoms in total. The zero-order valence-electron chi connectivity index (χ0n) is 12.4. The Morgan fingerprint density at radius 3 is 2.37 bits per heavy atom. The lowest BCUT2D eigenvalue weighted by Crippen LogP contribution is -2.13. The van der Waals surface area contributed by atoms with E-state index in [-0.39, 0.29) is 5.41 Å². The zero-order valence-corrected chi connectivity index (χ0v) is 12.4. The first-order valence-electron chi connectivity index (χ1n) is 6.74. The van der Waals surface area contributed by atoms with Crippen LogP contribution in [0, 0.1) is 0 Å². The van der Waals surface area contributed by atoms with Crippen molar-refractivity contribution in [3.05, 3.63) is 35.4 Å². The Balaban J connectivity index is 2.66. The van der Waals surface area contributed by atoms with Gasteiger partial charge < -0.3 is 5.43 Å². The maximum Gasteiger partial charge on any atom is 0.144 e. The molecule has 0 amide bonds. The van der Waals surface area contributed by atoms with E-state index in [1.807, 2.05) is 0 Å². The van der Waals surface area contributed by atoms with Crippen LogP contribution < -0.4 is 11.3 Å². The third-order valence-electron chi connectivity index (χ3n) is 3.47. The minimum absolute atomic E-state index is 0.150. The van der Waals surface area contributed by atoms with Crippen molar-refractivity contribution >= 4 is 16.7 Å². The number of rotatable bonds is 2. The highest BCUT2D eigenvalue weighted by Crippen LogP contribution is 2.30. The Hall–Kier alpha value is -1.61. The van der Waals surface area contributed by atoms with E-state index < -0.39 is 0 Å². The number of nitrogens with zero attached hydrogens (tertiary/aromatic N) is 1. The number of nitrogens with one attached hydrogen (secondary N) is 1. The lowest BCUT2D eigenvalue weighted by atomic mass is 9.86. The number of aromatic nitrogens is 1. The number of anilines is 1. The van der Waals surface area contributed by atoms with Gasteiger partial charge in [0.05, 0.1) is 5.52 Å². The molecule has 3 heteroatoms. The number of nitrogen functional groups attached to an aromatic ring is 1. The van der Waals surface area contributed by atoms with Crippen LogP contribution in [-0.2, 0) is 5.41 Å².